The van der Waals surface area contributed by atoms with Gasteiger partial charge < -0.3 is 10.2 Å². The van der Waals surface area contributed by atoms with Crippen LogP contribution in [0.3, 0.4) is 0 Å². The second-order valence-corrected chi connectivity index (χ2v) is 9.05. The average Bonchev–Trinajstić information content (AvgIpc) is 3.34. The highest BCUT2D eigenvalue weighted by Crippen LogP contribution is 2.24. The van der Waals surface area contributed by atoms with Gasteiger partial charge in [0, 0.05) is 38.9 Å². The number of rotatable bonds is 11. The van der Waals surface area contributed by atoms with Crippen molar-refractivity contribution in [2.75, 3.05) is 45.2 Å². The van der Waals surface area contributed by atoms with Gasteiger partial charge in [-0.25, -0.2) is 5.01 Å². The van der Waals surface area contributed by atoms with Gasteiger partial charge in [0.05, 0.1) is 13.1 Å². The first-order valence-electron chi connectivity index (χ1n) is 12.4. The highest BCUT2D eigenvalue weighted by Gasteiger charge is 2.25. The number of hydrazine groups is 1. The van der Waals surface area contributed by atoms with E-state index in [9.17, 15) is 9.59 Å². The zero-order valence-electron chi connectivity index (χ0n) is 21.1. The smallest absolute Gasteiger partial charge is 0.250 e. The largest absolute Gasteiger partial charge is 0.318 e. The Hall–Kier alpha value is -3.52. The summed E-state index contributed by atoms with van der Waals surface area (Å²) in [5, 5.41) is 9.90. The van der Waals surface area contributed by atoms with Crippen LogP contribution in [0.25, 0.3) is 0 Å². The summed E-state index contributed by atoms with van der Waals surface area (Å²) in [6.45, 7) is 2.83. The van der Waals surface area contributed by atoms with E-state index in [1.54, 1.807) is 12.1 Å². The molecular weight excluding hydrogens is 450 g/mol. The van der Waals surface area contributed by atoms with Crippen molar-refractivity contribution < 1.29 is 9.59 Å². The minimum absolute atomic E-state index is 0.0604. The third-order valence-electron chi connectivity index (χ3n) is 6.57. The van der Waals surface area contributed by atoms with Crippen molar-refractivity contribution in [3.63, 3.8) is 0 Å². The number of hydrogen-bond donors (Lipinski definition) is 2. The summed E-state index contributed by atoms with van der Waals surface area (Å²) in [6, 6.07) is 26.5. The van der Waals surface area contributed by atoms with Gasteiger partial charge in [0.2, 0.25) is 5.91 Å². The Balaban J connectivity index is 1.36. The Morgan fingerprint density at radius 3 is 2.14 bits per heavy atom. The van der Waals surface area contributed by atoms with E-state index in [0.29, 0.717) is 26.2 Å². The number of para-hydroxylation sites is 1. The zero-order chi connectivity index (χ0) is 25.3. The molecule has 0 atom stereocenters. The van der Waals surface area contributed by atoms with Crippen LogP contribution < -0.4 is 15.5 Å². The number of carbonyl (C=O) groups is 2. The molecule has 0 spiro atoms. The molecule has 0 saturated carbocycles. The van der Waals surface area contributed by atoms with Crippen molar-refractivity contribution in [1.82, 2.24) is 20.7 Å². The Bertz CT molecular complexity index is 1140. The molecule has 7 heteroatoms. The lowest BCUT2D eigenvalue weighted by molar-refractivity contribution is -0.145. The van der Waals surface area contributed by atoms with Gasteiger partial charge in [-0.15, -0.1) is 0 Å². The summed E-state index contributed by atoms with van der Waals surface area (Å²) in [7, 11) is 3.67. The third-order valence-corrected chi connectivity index (χ3v) is 6.57. The predicted molar refractivity (Wildman–Crippen MR) is 143 cm³/mol. The molecule has 0 fully saturated rings. The number of amides is 2. The summed E-state index contributed by atoms with van der Waals surface area (Å²) in [6.07, 6.45) is 0.745. The number of hydrogen-bond acceptors (Lipinski definition) is 5. The van der Waals surface area contributed by atoms with Crippen LogP contribution in [0.15, 0.2) is 78.9 Å². The summed E-state index contributed by atoms with van der Waals surface area (Å²) < 4.78 is 0. The van der Waals surface area contributed by atoms with Gasteiger partial charge in [-0.05, 0) is 41.8 Å². The van der Waals surface area contributed by atoms with E-state index in [-0.39, 0.29) is 24.9 Å². The van der Waals surface area contributed by atoms with E-state index in [1.165, 1.54) is 16.7 Å². The Kier molecular flexibility index (Phi) is 8.84. The lowest BCUT2D eigenvalue weighted by Crippen LogP contribution is -2.47. The van der Waals surface area contributed by atoms with Crippen molar-refractivity contribution in [1.29, 1.82) is 0 Å². The van der Waals surface area contributed by atoms with Crippen molar-refractivity contribution >= 4 is 17.5 Å². The van der Waals surface area contributed by atoms with Gasteiger partial charge >= 0.3 is 0 Å². The first-order chi connectivity index (χ1) is 17.6. The van der Waals surface area contributed by atoms with E-state index >= 15 is 0 Å². The van der Waals surface area contributed by atoms with Gasteiger partial charge in [-0.2, -0.15) is 0 Å². The molecular formula is C29H35N5O2. The molecule has 7 nitrogen and oxygen atoms in total. The molecule has 0 aliphatic carbocycles. The highest BCUT2D eigenvalue weighted by molar-refractivity contribution is 5.96. The number of fused-ring (bicyclic) bond motifs is 1. The lowest BCUT2D eigenvalue weighted by atomic mass is 10.0. The Morgan fingerprint density at radius 1 is 0.833 bits per heavy atom. The van der Waals surface area contributed by atoms with Crippen molar-refractivity contribution in [2.45, 2.75) is 19.5 Å². The minimum Gasteiger partial charge on any atom is -0.318 e. The maximum Gasteiger partial charge on any atom is 0.250 e. The number of carbonyl (C=O) groups excluding carboxylic acids is 2. The van der Waals surface area contributed by atoms with Crippen LogP contribution in [-0.2, 0) is 29.1 Å². The van der Waals surface area contributed by atoms with Crippen molar-refractivity contribution in [3.05, 3.63) is 101 Å². The molecule has 188 valence electrons. The van der Waals surface area contributed by atoms with Crippen LogP contribution in [0.5, 0.6) is 0 Å². The first kappa shape index (κ1) is 25.6. The average molecular weight is 486 g/mol. The lowest BCUT2D eigenvalue weighted by Gasteiger charge is -2.28. The van der Waals surface area contributed by atoms with Crippen LogP contribution >= 0.6 is 0 Å². The van der Waals surface area contributed by atoms with E-state index < -0.39 is 0 Å². The predicted octanol–water partition coefficient (Wildman–Crippen LogP) is 2.81. The SMILES string of the molecule is CNCCN(C(=O)CNCC(=O)N(C)N1Cc2ccccc2C1)c1ccccc1Cc1ccccc1. The zero-order valence-corrected chi connectivity index (χ0v) is 21.1. The molecule has 2 amide bonds. The monoisotopic (exact) mass is 485 g/mol. The normalized spacial score (nSPS) is 12.8. The summed E-state index contributed by atoms with van der Waals surface area (Å²) in [5.74, 6) is -0.128. The van der Waals surface area contributed by atoms with Gasteiger partial charge in [0.1, 0.15) is 0 Å². The number of nitrogens with one attached hydrogen (secondary N) is 2. The number of anilines is 1. The van der Waals surface area contributed by atoms with E-state index in [4.69, 9.17) is 0 Å². The fraction of sp³-hybridized carbons (Fsp3) is 0.310. The minimum atomic E-state index is -0.0677. The van der Waals surface area contributed by atoms with Crippen LogP contribution in [0.4, 0.5) is 5.69 Å². The molecule has 0 unspecified atom stereocenters. The first-order valence-corrected chi connectivity index (χ1v) is 12.4. The second kappa shape index (κ2) is 12.4. The van der Waals surface area contributed by atoms with Crippen LogP contribution in [0.1, 0.15) is 22.3 Å². The van der Waals surface area contributed by atoms with E-state index in [1.807, 2.05) is 65.5 Å². The highest BCUT2D eigenvalue weighted by atomic mass is 16.2. The molecule has 0 saturated heterocycles. The van der Waals surface area contributed by atoms with Gasteiger partial charge in [0.25, 0.3) is 5.91 Å². The van der Waals surface area contributed by atoms with Gasteiger partial charge in [-0.1, -0.05) is 72.8 Å². The van der Waals surface area contributed by atoms with Gasteiger partial charge in [-0.3, -0.25) is 19.9 Å². The molecule has 36 heavy (non-hydrogen) atoms. The molecule has 4 rings (SSSR count). The molecule has 0 bridgehead atoms. The maximum atomic E-state index is 13.3. The van der Waals surface area contributed by atoms with Gasteiger partial charge in [0.15, 0.2) is 0 Å². The van der Waals surface area contributed by atoms with E-state index in [2.05, 4.69) is 41.0 Å². The van der Waals surface area contributed by atoms with E-state index in [0.717, 1.165) is 17.7 Å². The van der Waals surface area contributed by atoms with Crippen molar-refractivity contribution in [2.24, 2.45) is 0 Å². The quantitative estimate of drug-likeness (QED) is 0.437. The molecule has 2 N–H and O–H groups in total. The molecule has 0 aromatic heterocycles. The Morgan fingerprint density at radius 2 is 1.44 bits per heavy atom. The Labute approximate surface area is 213 Å². The summed E-state index contributed by atoms with van der Waals surface area (Å²) >= 11 is 0. The fourth-order valence-corrected chi connectivity index (χ4v) is 4.51. The number of nitrogens with zero attached hydrogens (tertiary/aromatic N) is 3. The molecule has 1 aliphatic rings. The molecule has 1 heterocycles. The molecule has 3 aromatic rings. The molecule has 1 aliphatic heterocycles. The maximum absolute atomic E-state index is 13.3. The summed E-state index contributed by atoms with van der Waals surface area (Å²) in [5.41, 5.74) is 5.69. The van der Waals surface area contributed by atoms with Crippen molar-refractivity contribution in [3.8, 4) is 0 Å². The third kappa shape index (κ3) is 6.37. The standard InChI is InChI=1S/C29H35N5O2/c1-30-16-17-34(27-15-9-8-12-24(27)18-23-10-4-3-5-11-23)29(36)20-31-19-28(35)32(2)33-21-25-13-6-7-14-26(25)22-33/h3-15,30-31H,16-22H2,1-2H3. The van der Waals surface area contributed by atoms with Crippen LogP contribution in [0.2, 0.25) is 0 Å². The number of benzene rings is 3. The topological polar surface area (TPSA) is 67.9 Å². The van der Waals surface area contributed by atoms with Crippen LogP contribution in [-0.4, -0.2) is 62.1 Å². The second-order valence-electron chi connectivity index (χ2n) is 9.05. The summed E-state index contributed by atoms with van der Waals surface area (Å²) in [4.78, 5) is 27.9. The fourth-order valence-electron chi connectivity index (χ4n) is 4.51. The van der Waals surface area contributed by atoms with Crippen LogP contribution in [0, 0.1) is 0 Å². The molecule has 0 radical (unpaired) electrons. The molecule has 3 aromatic carbocycles. The number of likely N-dealkylation sites (N-methyl/N-ethyl adjacent to an activating group) is 2.